The SMILES string of the molecule is CCOC(=O)[C@@H]1CC2(CCCCC2)[NH+]2CCC[C@@H]12. The van der Waals surface area contributed by atoms with Gasteiger partial charge in [0, 0.05) is 32.1 Å². The quantitative estimate of drug-likeness (QED) is 0.751. The molecule has 3 aliphatic rings. The minimum Gasteiger partial charge on any atom is -0.466 e. The maximum atomic E-state index is 12.2. The molecule has 1 unspecified atom stereocenters. The minimum atomic E-state index is 0.0874. The molecule has 1 N–H and O–H groups in total. The van der Waals surface area contributed by atoms with E-state index in [0.717, 1.165) is 6.42 Å². The summed E-state index contributed by atoms with van der Waals surface area (Å²) < 4.78 is 5.32. The fraction of sp³-hybridized carbons (Fsp3) is 0.933. The van der Waals surface area contributed by atoms with Gasteiger partial charge in [-0.25, -0.2) is 0 Å². The molecule has 102 valence electrons. The molecule has 3 atom stereocenters. The number of nitrogens with one attached hydrogen (secondary N) is 1. The van der Waals surface area contributed by atoms with E-state index >= 15 is 0 Å². The van der Waals surface area contributed by atoms with Crippen molar-refractivity contribution in [2.24, 2.45) is 5.92 Å². The molecule has 2 aliphatic heterocycles. The van der Waals surface area contributed by atoms with E-state index < -0.39 is 0 Å². The van der Waals surface area contributed by atoms with E-state index in [4.69, 9.17) is 4.74 Å². The van der Waals surface area contributed by atoms with Gasteiger partial charge in [-0.2, -0.15) is 0 Å². The fourth-order valence-corrected chi connectivity index (χ4v) is 4.92. The molecule has 0 aromatic heterocycles. The van der Waals surface area contributed by atoms with Crippen molar-refractivity contribution < 1.29 is 14.4 Å². The van der Waals surface area contributed by atoms with Gasteiger partial charge in [0.15, 0.2) is 0 Å². The third-order valence-corrected chi connectivity index (χ3v) is 5.59. The predicted octanol–water partition coefficient (Wildman–Crippen LogP) is 1.32. The molecular weight excluding hydrogens is 226 g/mol. The first-order chi connectivity index (χ1) is 8.77. The minimum absolute atomic E-state index is 0.0874. The Morgan fingerprint density at radius 1 is 1.28 bits per heavy atom. The lowest BCUT2D eigenvalue weighted by Gasteiger charge is -2.38. The Balaban J connectivity index is 1.80. The Labute approximate surface area is 110 Å². The highest BCUT2D eigenvalue weighted by Crippen LogP contribution is 2.39. The van der Waals surface area contributed by atoms with Crippen LogP contribution in [0.15, 0.2) is 0 Å². The van der Waals surface area contributed by atoms with Crippen molar-refractivity contribution >= 4 is 5.97 Å². The van der Waals surface area contributed by atoms with Crippen LogP contribution in [0.5, 0.6) is 0 Å². The zero-order valence-corrected chi connectivity index (χ0v) is 11.5. The number of fused-ring (bicyclic) bond motifs is 2. The largest absolute Gasteiger partial charge is 0.466 e. The summed E-state index contributed by atoms with van der Waals surface area (Å²) in [4.78, 5) is 13.9. The Hall–Kier alpha value is -0.570. The first-order valence-electron chi connectivity index (χ1n) is 7.80. The molecule has 3 nitrogen and oxygen atoms in total. The molecule has 0 aromatic rings. The molecule has 3 heteroatoms. The second kappa shape index (κ2) is 4.84. The number of carbonyl (C=O) groups is 1. The highest BCUT2D eigenvalue weighted by Gasteiger charge is 2.59. The molecule has 0 radical (unpaired) electrons. The van der Waals surface area contributed by atoms with Gasteiger partial charge in [0.25, 0.3) is 0 Å². The van der Waals surface area contributed by atoms with Gasteiger partial charge in [-0.15, -0.1) is 0 Å². The van der Waals surface area contributed by atoms with Crippen LogP contribution < -0.4 is 4.90 Å². The average molecular weight is 252 g/mol. The summed E-state index contributed by atoms with van der Waals surface area (Å²) in [6, 6.07) is 0.571. The van der Waals surface area contributed by atoms with Crippen LogP contribution in [0.4, 0.5) is 0 Å². The lowest BCUT2D eigenvalue weighted by Crippen LogP contribution is -3.19. The summed E-state index contributed by atoms with van der Waals surface area (Å²) >= 11 is 0. The number of ether oxygens (including phenoxy) is 1. The maximum absolute atomic E-state index is 12.2. The molecule has 18 heavy (non-hydrogen) atoms. The first-order valence-corrected chi connectivity index (χ1v) is 7.80. The van der Waals surface area contributed by atoms with Crippen LogP contribution in [0.25, 0.3) is 0 Å². The van der Waals surface area contributed by atoms with Crippen molar-refractivity contribution in [3.63, 3.8) is 0 Å². The molecule has 3 rings (SSSR count). The van der Waals surface area contributed by atoms with E-state index in [-0.39, 0.29) is 11.9 Å². The summed E-state index contributed by atoms with van der Waals surface area (Å²) in [5.41, 5.74) is 0.441. The standard InChI is InChI=1S/C15H25NO2/c1-2-18-14(17)12-11-15(8-4-3-5-9-15)16-10-6-7-13(12)16/h12-13H,2-11H2,1H3/p+1/t12-,13+/m1/s1. The van der Waals surface area contributed by atoms with Crippen LogP contribution in [-0.4, -0.2) is 30.7 Å². The number of quaternary nitrogens is 1. The van der Waals surface area contributed by atoms with Gasteiger partial charge in [0.1, 0.15) is 12.0 Å². The third-order valence-electron chi connectivity index (χ3n) is 5.59. The Morgan fingerprint density at radius 3 is 2.78 bits per heavy atom. The normalized spacial score (nSPS) is 37.7. The van der Waals surface area contributed by atoms with Gasteiger partial charge < -0.3 is 9.64 Å². The van der Waals surface area contributed by atoms with Crippen molar-refractivity contribution in [2.75, 3.05) is 13.2 Å². The second-order valence-electron chi connectivity index (χ2n) is 6.43. The zero-order chi connectivity index (χ0) is 12.6. The monoisotopic (exact) mass is 252 g/mol. The summed E-state index contributed by atoms with van der Waals surface area (Å²) in [5.74, 6) is 0.282. The number of esters is 1. The number of hydrogen-bond acceptors (Lipinski definition) is 2. The van der Waals surface area contributed by atoms with Crippen LogP contribution in [0.1, 0.15) is 58.3 Å². The van der Waals surface area contributed by atoms with Gasteiger partial charge in [-0.3, -0.25) is 4.79 Å². The van der Waals surface area contributed by atoms with E-state index in [9.17, 15) is 4.79 Å². The van der Waals surface area contributed by atoms with E-state index in [1.807, 2.05) is 6.92 Å². The van der Waals surface area contributed by atoms with Crippen molar-refractivity contribution in [3.8, 4) is 0 Å². The van der Waals surface area contributed by atoms with Crippen molar-refractivity contribution in [2.45, 2.75) is 69.9 Å². The van der Waals surface area contributed by atoms with Crippen LogP contribution in [0.3, 0.4) is 0 Å². The maximum Gasteiger partial charge on any atom is 0.315 e. The summed E-state index contributed by atoms with van der Waals surface area (Å²) in [6.07, 6.45) is 10.5. The smallest absolute Gasteiger partial charge is 0.315 e. The van der Waals surface area contributed by atoms with Crippen molar-refractivity contribution in [1.82, 2.24) is 0 Å². The van der Waals surface area contributed by atoms with Gasteiger partial charge in [0.05, 0.1) is 18.7 Å². The fourth-order valence-electron chi connectivity index (χ4n) is 4.92. The van der Waals surface area contributed by atoms with Crippen LogP contribution in [-0.2, 0) is 9.53 Å². The summed E-state index contributed by atoms with van der Waals surface area (Å²) in [6.45, 7) is 3.74. The summed E-state index contributed by atoms with van der Waals surface area (Å²) in [7, 11) is 0. The van der Waals surface area contributed by atoms with Gasteiger partial charge >= 0.3 is 5.97 Å². The third kappa shape index (κ3) is 1.87. The van der Waals surface area contributed by atoms with Gasteiger partial charge in [-0.05, 0) is 19.8 Å². The molecule has 3 fully saturated rings. The topological polar surface area (TPSA) is 30.7 Å². The van der Waals surface area contributed by atoms with Crippen LogP contribution in [0.2, 0.25) is 0 Å². The van der Waals surface area contributed by atoms with Crippen LogP contribution in [0, 0.1) is 5.92 Å². The van der Waals surface area contributed by atoms with E-state index in [1.165, 1.54) is 51.5 Å². The highest BCUT2D eigenvalue weighted by atomic mass is 16.5. The molecule has 1 saturated carbocycles. The molecule has 0 amide bonds. The number of rotatable bonds is 2. The lowest BCUT2D eigenvalue weighted by atomic mass is 9.78. The number of carbonyl (C=O) groups excluding carboxylic acids is 1. The van der Waals surface area contributed by atoms with Crippen molar-refractivity contribution in [3.05, 3.63) is 0 Å². The van der Waals surface area contributed by atoms with E-state index in [0.29, 0.717) is 18.2 Å². The predicted molar refractivity (Wildman–Crippen MR) is 69.4 cm³/mol. The van der Waals surface area contributed by atoms with Crippen LogP contribution >= 0.6 is 0 Å². The second-order valence-corrected chi connectivity index (χ2v) is 6.43. The van der Waals surface area contributed by atoms with E-state index in [2.05, 4.69) is 0 Å². The first kappa shape index (κ1) is 12.5. The molecule has 0 bridgehead atoms. The highest BCUT2D eigenvalue weighted by molar-refractivity contribution is 5.73. The Morgan fingerprint density at radius 2 is 2.06 bits per heavy atom. The number of hydrogen-bond donors (Lipinski definition) is 1. The average Bonchev–Trinajstić information content (AvgIpc) is 2.95. The van der Waals surface area contributed by atoms with E-state index in [1.54, 1.807) is 4.90 Å². The molecule has 1 spiro atoms. The Kier molecular flexibility index (Phi) is 3.35. The van der Waals surface area contributed by atoms with Gasteiger partial charge in [-0.1, -0.05) is 6.42 Å². The Bertz CT molecular complexity index is 322. The molecular formula is C15H26NO2+. The molecule has 2 saturated heterocycles. The lowest BCUT2D eigenvalue weighted by molar-refractivity contribution is -0.952. The van der Waals surface area contributed by atoms with Crippen molar-refractivity contribution in [1.29, 1.82) is 0 Å². The van der Waals surface area contributed by atoms with Gasteiger partial charge in [0.2, 0.25) is 0 Å². The summed E-state index contributed by atoms with van der Waals surface area (Å²) in [5, 5.41) is 0. The zero-order valence-electron chi connectivity index (χ0n) is 11.5. The molecule has 1 aliphatic carbocycles. The molecule has 2 heterocycles. The molecule has 0 aromatic carbocycles.